The summed E-state index contributed by atoms with van der Waals surface area (Å²) in [5.41, 5.74) is 1.35. The SMILES string of the molecule is O=C1NCC2CN(Cc3cccn3Cc3cccs3)CCN12. The molecule has 116 valence electrons. The predicted octanol–water partition coefficient (Wildman–Crippen LogP) is 1.81. The summed E-state index contributed by atoms with van der Waals surface area (Å²) in [5.74, 6) is 0. The third-order valence-corrected chi connectivity index (χ3v) is 5.39. The number of hydrogen-bond donors (Lipinski definition) is 1. The van der Waals surface area contributed by atoms with Crippen molar-refractivity contribution in [3.05, 3.63) is 46.4 Å². The molecule has 0 aromatic carbocycles. The van der Waals surface area contributed by atoms with Crippen molar-refractivity contribution in [3.8, 4) is 0 Å². The molecule has 5 nitrogen and oxygen atoms in total. The number of nitrogens with zero attached hydrogens (tertiary/aromatic N) is 3. The molecule has 0 spiro atoms. The van der Waals surface area contributed by atoms with E-state index in [1.54, 1.807) is 11.3 Å². The van der Waals surface area contributed by atoms with Gasteiger partial charge in [-0.1, -0.05) is 6.07 Å². The van der Waals surface area contributed by atoms with Gasteiger partial charge in [0, 0.05) is 49.5 Å². The van der Waals surface area contributed by atoms with Crippen LogP contribution < -0.4 is 5.32 Å². The van der Waals surface area contributed by atoms with Crippen molar-refractivity contribution in [2.45, 2.75) is 19.1 Å². The Labute approximate surface area is 134 Å². The first-order valence-electron chi connectivity index (χ1n) is 7.73. The van der Waals surface area contributed by atoms with Crippen molar-refractivity contribution in [1.82, 2.24) is 19.7 Å². The molecule has 1 unspecified atom stereocenters. The lowest BCUT2D eigenvalue weighted by atomic mass is 10.2. The van der Waals surface area contributed by atoms with E-state index in [-0.39, 0.29) is 6.03 Å². The van der Waals surface area contributed by atoms with E-state index in [0.717, 1.165) is 39.3 Å². The predicted molar refractivity (Wildman–Crippen MR) is 87.0 cm³/mol. The molecule has 0 aliphatic carbocycles. The third kappa shape index (κ3) is 2.64. The monoisotopic (exact) mass is 316 g/mol. The molecule has 2 saturated heterocycles. The molecule has 4 rings (SSSR count). The highest BCUT2D eigenvalue weighted by molar-refractivity contribution is 7.09. The van der Waals surface area contributed by atoms with Crippen molar-refractivity contribution >= 4 is 17.4 Å². The van der Waals surface area contributed by atoms with Gasteiger partial charge < -0.3 is 14.8 Å². The number of thiophene rings is 1. The average Bonchev–Trinajstić information content (AvgIpc) is 3.24. The topological polar surface area (TPSA) is 40.5 Å². The number of piperazine rings is 1. The molecular formula is C16H20N4OS. The number of amides is 2. The molecule has 0 bridgehead atoms. The zero-order valence-corrected chi connectivity index (χ0v) is 13.3. The van der Waals surface area contributed by atoms with Gasteiger partial charge in [-0.05, 0) is 23.6 Å². The Morgan fingerprint density at radius 1 is 1.23 bits per heavy atom. The molecule has 2 fully saturated rings. The summed E-state index contributed by atoms with van der Waals surface area (Å²) in [6.07, 6.45) is 2.16. The van der Waals surface area contributed by atoms with Crippen molar-refractivity contribution in [2.75, 3.05) is 26.2 Å². The molecular weight excluding hydrogens is 296 g/mol. The number of carbonyl (C=O) groups excluding carboxylic acids is 1. The highest BCUT2D eigenvalue weighted by Gasteiger charge is 2.35. The number of carbonyl (C=O) groups is 1. The maximum Gasteiger partial charge on any atom is 0.317 e. The van der Waals surface area contributed by atoms with E-state index in [4.69, 9.17) is 0 Å². The van der Waals surface area contributed by atoms with Crippen LogP contribution in [0.2, 0.25) is 0 Å². The second kappa shape index (κ2) is 5.78. The van der Waals surface area contributed by atoms with E-state index < -0.39 is 0 Å². The molecule has 2 aliphatic rings. The lowest BCUT2D eigenvalue weighted by molar-refractivity contribution is 0.115. The first-order valence-corrected chi connectivity index (χ1v) is 8.61. The molecule has 2 aliphatic heterocycles. The van der Waals surface area contributed by atoms with Gasteiger partial charge in [0.1, 0.15) is 0 Å². The second-order valence-corrected chi connectivity index (χ2v) is 7.01. The minimum Gasteiger partial charge on any atom is -0.345 e. The van der Waals surface area contributed by atoms with E-state index in [1.807, 2.05) is 4.90 Å². The molecule has 0 saturated carbocycles. The van der Waals surface area contributed by atoms with Gasteiger partial charge in [0.25, 0.3) is 0 Å². The summed E-state index contributed by atoms with van der Waals surface area (Å²) in [5, 5.41) is 5.07. The zero-order chi connectivity index (χ0) is 14.9. The normalized spacial score (nSPS) is 21.9. The van der Waals surface area contributed by atoms with Crippen LogP contribution in [0.5, 0.6) is 0 Å². The minimum absolute atomic E-state index is 0.103. The van der Waals surface area contributed by atoms with E-state index in [0.29, 0.717) is 6.04 Å². The lowest BCUT2D eigenvalue weighted by Gasteiger charge is -2.36. The Balaban J connectivity index is 1.42. The number of aromatic nitrogens is 1. The van der Waals surface area contributed by atoms with Gasteiger partial charge in [0.2, 0.25) is 0 Å². The lowest BCUT2D eigenvalue weighted by Crippen LogP contribution is -2.51. The molecule has 4 heterocycles. The number of rotatable bonds is 4. The van der Waals surface area contributed by atoms with E-state index in [1.165, 1.54) is 10.6 Å². The summed E-state index contributed by atoms with van der Waals surface area (Å²) in [4.78, 5) is 17.5. The fourth-order valence-electron chi connectivity index (χ4n) is 3.36. The average molecular weight is 316 g/mol. The molecule has 1 atom stereocenters. The van der Waals surface area contributed by atoms with E-state index in [2.05, 4.69) is 50.6 Å². The fourth-order valence-corrected chi connectivity index (χ4v) is 4.06. The molecule has 1 N–H and O–H groups in total. The molecule has 2 amide bonds. The number of fused-ring (bicyclic) bond motifs is 1. The Morgan fingerprint density at radius 2 is 2.18 bits per heavy atom. The van der Waals surface area contributed by atoms with Gasteiger partial charge >= 0.3 is 6.03 Å². The zero-order valence-electron chi connectivity index (χ0n) is 12.4. The first kappa shape index (κ1) is 13.8. The van der Waals surface area contributed by atoms with Crippen LogP contribution in [-0.4, -0.2) is 52.6 Å². The Hall–Kier alpha value is -1.79. The van der Waals surface area contributed by atoms with Gasteiger partial charge in [0.15, 0.2) is 0 Å². The van der Waals surface area contributed by atoms with Crippen LogP contribution >= 0.6 is 11.3 Å². The fraction of sp³-hybridized carbons (Fsp3) is 0.438. The summed E-state index contributed by atoms with van der Waals surface area (Å²) in [6, 6.07) is 9.06. The minimum atomic E-state index is 0.103. The van der Waals surface area contributed by atoms with E-state index in [9.17, 15) is 4.79 Å². The van der Waals surface area contributed by atoms with Crippen molar-refractivity contribution in [2.24, 2.45) is 0 Å². The van der Waals surface area contributed by atoms with Crippen LogP contribution in [0, 0.1) is 0 Å². The van der Waals surface area contributed by atoms with Gasteiger partial charge in [-0.2, -0.15) is 0 Å². The van der Waals surface area contributed by atoms with Crippen molar-refractivity contribution < 1.29 is 4.79 Å². The third-order valence-electron chi connectivity index (χ3n) is 4.53. The largest absolute Gasteiger partial charge is 0.345 e. The van der Waals surface area contributed by atoms with Crippen LogP contribution in [0.4, 0.5) is 4.79 Å². The van der Waals surface area contributed by atoms with Crippen LogP contribution in [0.3, 0.4) is 0 Å². The number of hydrogen-bond acceptors (Lipinski definition) is 3. The summed E-state index contributed by atoms with van der Waals surface area (Å²) in [6.45, 7) is 5.44. The molecule has 0 radical (unpaired) electrons. The van der Waals surface area contributed by atoms with E-state index >= 15 is 0 Å². The van der Waals surface area contributed by atoms with Crippen LogP contribution in [0.1, 0.15) is 10.6 Å². The summed E-state index contributed by atoms with van der Waals surface area (Å²) < 4.78 is 2.33. The Morgan fingerprint density at radius 3 is 3.05 bits per heavy atom. The van der Waals surface area contributed by atoms with Crippen molar-refractivity contribution in [3.63, 3.8) is 0 Å². The highest BCUT2D eigenvalue weighted by atomic mass is 32.1. The van der Waals surface area contributed by atoms with Crippen LogP contribution in [0.15, 0.2) is 35.8 Å². The Bertz CT molecular complexity index is 651. The number of nitrogens with one attached hydrogen (secondary N) is 1. The van der Waals surface area contributed by atoms with Gasteiger partial charge in [-0.15, -0.1) is 11.3 Å². The highest BCUT2D eigenvalue weighted by Crippen LogP contribution is 2.18. The van der Waals surface area contributed by atoms with Gasteiger partial charge in [0.05, 0.1) is 12.6 Å². The smallest absolute Gasteiger partial charge is 0.317 e. The summed E-state index contributed by atoms with van der Waals surface area (Å²) in [7, 11) is 0. The van der Waals surface area contributed by atoms with Gasteiger partial charge in [-0.3, -0.25) is 4.90 Å². The van der Waals surface area contributed by atoms with Crippen molar-refractivity contribution in [1.29, 1.82) is 0 Å². The Kier molecular flexibility index (Phi) is 3.63. The molecule has 2 aromatic heterocycles. The maximum atomic E-state index is 11.7. The van der Waals surface area contributed by atoms with Gasteiger partial charge in [-0.25, -0.2) is 4.79 Å². The molecule has 22 heavy (non-hydrogen) atoms. The second-order valence-electron chi connectivity index (χ2n) is 5.98. The maximum absolute atomic E-state index is 11.7. The standard InChI is InChI=1S/C16H20N4OS/c21-16-17-9-14-11-18(6-7-20(14)16)10-13-3-1-5-19(13)12-15-4-2-8-22-15/h1-5,8,14H,6-7,9-12H2,(H,17,21). The molecule has 6 heteroatoms. The number of urea groups is 1. The quantitative estimate of drug-likeness (QED) is 0.934. The summed E-state index contributed by atoms with van der Waals surface area (Å²) >= 11 is 1.80. The van der Waals surface area contributed by atoms with Crippen LogP contribution in [0.25, 0.3) is 0 Å². The first-order chi connectivity index (χ1) is 10.8. The van der Waals surface area contributed by atoms with Crippen LogP contribution in [-0.2, 0) is 13.1 Å². The molecule has 2 aromatic rings.